The van der Waals surface area contributed by atoms with Gasteiger partial charge in [-0.1, -0.05) is 18.2 Å². The molecule has 22 heavy (non-hydrogen) atoms. The zero-order valence-corrected chi connectivity index (χ0v) is 12.8. The standard InChI is InChI=1S/C17H20N4O/c1-13-12-16(19-17(18-13)20-8-10-22-11-9-20)21-7-6-14-4-2-3-5-15(14)21/h2-5,12H,6-11H2,1H3. The van der Waals surface area contributed by atoms with Gasteiger partial charge in [0.15, 0.2) is 0 Å². The number of anilines is 3. The number of nitrogens with zero attached hydrogens (tertiary/aromatic N) is 4. The fourth-order valence-corrected chi connectivity index (χ4v) is 3.16. The van der Waals surface area contributed by atoms with Crippen molar-refractivity contribution in [3.8, 4) is 0 Å². The van der Waals surface area contributed by atoms with Crippen molar-refractivity contribution < 1.29 is 4.74 Å². The van der Waals surface area contributed by atoms with E-state index in [0.29, 0.717) is 0 Å². The van der Waals surface area contributed by atoms with Crippen molar-refractivity contribution in [2.24, 2.45) is 0 Å². The maximum Gasteiger partial charge on any atom is 0.227 e. The highest BCUT2D eigenvalue weighted by atomic mass is 16.5. The fourth-order valence-electron chi connectivity index (χ4n) is 3.16. The van der Waals surface area contributed by atoms with Crippen molar-refractivity contribution in [3.63, 3.8) is 0 Å². The van der Waals surface area contributed by atoms with Crippen LogP contribution in [0.5, 0.6) is 0 Å². The molecular formula is C17H20N4O. The zero-order chi connectivity index (χ0) is 14.9. The van der Waals surface area contributed by atoms with Crippen LogP contribution in [0.2, 0.25) is 0 Å². The molecule has 0 unspecified atom stereocenters. The molecule has 1 fully saturated rings. The van der Waals surface area contributed by atoms with Crippen molar-refractivity contribution in [3.05, 3.63) is 41.6 Å². The van der Waals surface area contributed by atoms with Gasteiger partial charge in [-0.15, -0.1) is 0 Å². The summed E-state index contributed by atoms with van der Waals surface area (Å²) in [6, 6.07) is 10.6. The van der Waals surface area contributed by atoms with E-state index < -0.39 is 0 Å². The maximum absolute atomic E-state index is 5.42. The van der Waals surface area contributed by atoms with E-state index in [1.165, 1.54) is 11.3 Å². The number of hydrogen-bond donors (Lipinski definition) is 0. The number of morpholine rings is 1. The lowest BCUT2D eigenvalue weighted by molar-refractivity contribution is 0.122. The average Bonchev–Trinajstić information content (AvgIpc) is 2.99. The third-order valence-corrected chi connectivity index (χ3v) is 4.29. The molecule has 0 amide bonds. The van der Waals surface area contributed by atoms with Crippen LogP contribution in [-0.2, 0) is 11.2 Å². The molecule has 0 aliphatic carbocycles. The highest BCUT2D eigenvalue weighted by Crippen LogP contribution is 2.34. The van der Waals surface area contributed by atoms with Gasteiger partial charge < -0.3 is 14.5 Å². The second kappa shape index (κ2) is 5.57. The van der Waals surface area contributed by atoms with Crippen molar-refractivity contribution >= 4 is 17.5 Å². The van der Waals surface area contributed by atoms with Gasteiger partial charge in [-0.25, -0.2) is 4.98 Å². The summed E-state index contributed by atoms with van der Waals surface area (Å²) in [4.78, 5) is 14.0. The Labute approximate surface area is 130 Å². The highest BCUT2D eigenvalue weighted by molar-refractivity contribution is 5.68. The number of aromatic nitrogens is 2. The second-order valence-corrected chi connectivity index (χ2v) is 5.80. The molecule has 2 aliphatic rings. The van der Waals surface area contributed by atoms with Gasteiger partial charge in [-0.2, -0.15) is 4.98 Å². The van der Waals surface area contributed by atoms with Gasteiger partial charge in [0.25, 0.3) is 0 Å². The van der Waals surface area contributed by atoms with E-state index in [0.717, 1.165) is 56.7 Å². The van der Waals surface area contributed by atoms with Crippen molar-refractivity contribution in [2.75, 3.05) is 42.6 Å². The molecule has 0 bridgehead atoms. The Bertz CT molecular complexity index is 682. The summed E-state index contributed by atoms with van der Waals surface area (Å²) in [7, 11) is 0. The third-order valence-electron chi connectivity index (χ3n) is 4.29. The second-order valence-electron chi connectivity index (χ2n) is 5.80. The Kier molecular flexibility index (Phi) is 3.42. The summed E-state index contributed by atoms with van der Waals surface area (Å²) < 4.78 is 5.42. The molecule has 1 saturated heterocycles. The van der Waals surface area contributed by atoms with E-state index >= 15 is 0 Å². The lowest BCUT2D eigenvalue weighted by atomic mass is 10.2. The maximum atomic E-state index is 5.42. The molecule has 2 aromatic rings. The molecule has 0 spiro atoms. The van der Waals surface area contributed by atoms with Gasteiger partial charge in [0.2, 0.25) is 5.95 Å². The minimum atomic E-state index is 0.749. The SMILES string of the molecule is Cc1cc(N2CCc3ccccc32)nc(N2CCOCC2)n1. The van der Waals surface area contributed by atoms with E-state index in [4.69, 9.17) is 9.72 Å². The molecule has 0 atom stereocenters. The first kappa shape index (κ1) is 13.5. The highest BCUT2D eigenvalue weighted by Gasteiger charge is 2.23. The quantitative estimate of drug-likeness (QED) is 0.850. The molecule has 2 aliphatic heterocycles. The topological polar surface area (TPSA) is 41.5 Å². The van der Waals surface area contributed by atoms with Crippen LogP contribution in [0, 0.1) is 6.92 Å². The zero-order valence-electron chi connectivity index (χ0n) is 12.8. The average molecular weight is 296 g/mol. The van der Waals surface area contributed by atoms with Crippen LogP contribution in [0.1, 0.15) is 11.3 Å². The van der Waals surface area contributed by atoms with Crippen LogP contribution in [0.25, 0.3) is 0 Å². The van der Waals surface area contributed by atoms with Crippen LogP contribution in [-0.4, -0.2) is 42.8 Å². The van der Waals surface area contributed by atoms with E-state index in [-0.39, 0.29) is 0 Å². The number of fused-ring (bicyclic) bond motifs is 1. The predicted molar refractivity (Wildman–Crippen MR) is 87.0 cm³/mol. The lowest BCUT2D eigenvalue weighted by Gasteiger charge is -2.28. The molecule has 5 heteroatoms. The molecule has 114 valence electrons. The van der Waals surface area contributed by atoms with Crippen LogP contribution in [0.15, 0.2) is 30.3 Å². The molecule has 1 aromatic carbocycles. The molecule has 0 saturated carbocycles. The Morgan fingerprint density at radius 2 is 1.86 bits per heavy atom. The molecule has 1 aromatic heterocycles. The smallest absolute Gasteiger partial charge is 0.227 e. The number of hydrogen-bond acceptors (Lipinski definition) is 5. The molecule has 0 N–H and O–H groups in total. The first-order valence-corrected chi connectivity index (χ1v) is 7.85. The molecule has 3 heterocycles. The van der Waals surface area contributed by atoms with Crippen molar-refractivity contribution in [2.45, 2.75) is 13.3 Å². The largest absolute Gasteiger partial charge is 0.378 e. The van der Waals surface area contributed by atoms with Crippen molar-refractivity contribution in [1.82, 2.24) is 9.97 Å². The number of rotatable bonds is 2. The molecule has 5 nitrogen and oxygen atoms in total. The van der Waals surface area contributed by atoms with Gasteiger partial charge in [0.1, 0.15) is 5.82 Å². The van der Waals surface area contributed by atoms with Gasteiger partial charge in [-0.05, 0) is 25.0 Å². The number of para-hydroxylation sites is 1. The Balaban J connectivity index is 1.69. The fraction of sp³-hybridized carbons (Fsp3) is 0.412. The van der Waals surface area contributed by atoms with Crippen molar-refractivity contribution in [1.29, 1.82) is 0 Å². The first-order valence-electron chi connectivity index (χ1n) is 7.85. The summed E-state index contributed by atoms with van der Waals surface area (Å²) in [6.07, 6.45) is 1.08. The first-order chi connectivity index (χ1) is 10.8. The Morgan fingerprint density at radius 3 is 2.73 bits per heavy atom. The molecule has 0 radical (unpaired) electrons. The summed E-state index contributed by atoms with van der Waals surface area (Å²) in [5.74, 6) is 1.82. The molecular weight excluding hydrogens is 276 g/mol. The monoisotopic (exact) mass is 296 g/mol. The summed E-state index contributed by atoms with van der Waals surface area (Å²) in [5, 5.41) is 0. The molecule has 4 rings (SSSR count). The summed E-state index contributed by atoms with van der Waals surface area (Å²) >= 11 is 0. The van der Waals surface area contributed by atoms with Gasteiger partial charge in [-0.3, -0.25) is 0 Å². The number of ether oxygens (including phenoxy) is 1. The van der Waals surface area contributed by atoms with Gasteiger partial charge >= 0.3 is 0 Å². The summed E-state index contributed by atoms with van der Waals surface area (Å²) in [5.41, 5.74) is 3.68. The van der Waals surface area contributed by atoms with Crippen LogP contribution < -0.4 is 9.80 Å². The van der Waals surface area contributed by atoms with Gasteiger partial charge in [0.05, 0.1) is 13.2 Å². The van der Waals surface area contributed by atoms with E-state index in [2.05, 4.69) is 45.1 Å². The minimum absolute atomic E-state index is 0.749. The van der Waals surface area contributed by atoms with E-state index in [1.54, 1.807) is 0 Å². The van der Waals surface area contributed by atoms with Crippen LogP contribution in [0.4, 0.5) is 17.5 Å². The van der Waals surface area contributed by atoms with E-state index in [9.17, 15) is 0 Å². The number of aryl methyl sites for hydroxylation is 1. The Morgan fingerprint density at radius 1 is 1.05 bits per heavy atom. The van der Waals surface area contributed by atoms with Crippen LogP contribution >= 0.6 is 0 Å². The minimum Gasteiger partial charge on any atom is -0.378 e. The normalized spacial score (nSPS) is 17.7. The predicted octanol–water partition coefficient (Wildman–Crippen LogP) is 2.32. The lowest BCUT2D eigenvalue weighted by Crippen LogP contribution is -2.37. The van der Waals surface area contributed by atoms with E-state index in [1.807, 2.05) is 6.92 Å². The van der Waals surface area contributed by atoms with Crippen LogP contribution in [0.3, 0.4) is 0 Å². The third kappa shape index (κ3) is 2.41. The Hall–Kier alpha value is -2.14. The van der Waals surface area contributed by atoms with Gasteiger partial charge in [0, 0.05) is 37.1 Å². The number of benzene rings is 1. The summed E-state index contributed by atoms with van der Waals surface area (Å²) in [6.45, 7) is 6.24.